The molecule has 21 heavy (non-hydrogen) atoms. The summed E-state index contributed by atoms with van der Waals surface area (Å²) in [4.78, 5) is 9.20. The molecule has 112 valence electrons. The van der Waals surface area contributed by atoms with Crippen LogP contribution >= 0.6 is 0 Å². The first-order valence-corrected chi connectivity index (χ1v) is 7.66. The Morgan fingerprint density at radius 1 is 1.38 bits per heavy atom. The van der Waals surface area contributed by atoms with Gasteiger partial charge in [-0.25, -0.2) is 4.98 Å². The average Bonchev–Trinajstić information content (AvgIpc) is 3.21. The van der Waals surface area contributed by atoms with E-state index in [-0.39, 0.29) is 0 Å². The fourth-order valence-corrected chi connectivity index (χ4v) is 2.12. The van der Waals surface area contributed by atoms with Gasteiger partial charge in [-0.2, -0.15) is 4.98 Å². The van der Waals surface area contributed by atoms with Gasteiger partial charge in [-0.3, -0.25) is 0 Å². The Morgan fingerprint density at radius 3 is 2.90 bits per heavy atom. The molecule has 0 saturated heterocycles. The summed E-state index contributed by atoms with van der Waals surface area (Å²) in [6, 6.07) is 6.27. The Hall–Kier alpha value is -2.04. The van der Waals surface area contributed by atoms with Gasteiger partial charge >= 0.3 is 0 Å². The third-order valence-corrected chi connectivity index (χ3v) is 3.75. The largest absolute Gasteiger partial charge is 0.467 e. The van der Waals surface area contributed by atoms with Crippen LogP contribution < -0.4 is 10.6 Å². The summed E-state index contributed by atoms with van der Waals surface area (Å²) >= 11 is 0. The Kier molecular flexibility index (Phi) is 4.08. The van der Waals surface area contributed by atoms with Crippen LogP contribution in [0.5, 0.6) is 0 Å². The van der Waals surface area contributed by atoms with Crippen molar-refractivity contribution in [3.8, 4) is 0 Å². The van der Waals surface area contributed by atoms with Gasteiger partial charge in [0.1, 0.15) is 11.6 Å². The molecule has 1 saturated carbocycles. The van der Waals surface area contributed by atoms with Crippen LogP contribution in [0.15, 0.2) is 28.9 Å². The first-order valence-electron chi connectivity index (χ1n) is 7.66. The van der Waals surface area contributed by atoms with Crippen LogP contribution in [0.1, 0.15) is 50.5 Å². The van der Waals surface area contributed by atoms with E-state index in [1.807, 2.05) is 12.1 Å². The molecule has 2 N–H and O–H groups in total. The number of furan rings is 1. The van der Waals surface area contributed by atoms with Gasteiger partial charge in [-0.05, 0) is 38.3 Å². The third kappa shape index (κ3) is 3.74. The number of hydrogen-bond donors (Lipinski definition) is 2. The lowest BCUT2D eigenvalue weighted by atomic mass is 10.2. The van der Waals surface area contributed by atoms with E-state index in [0.29, 0.717) is 18.5 Å². The number of nitrogens with one attached hydrogen (secondary N) is 2. The van der Waals surface area contributed by atoms with E-state index >= 15 is 0 Å². The number of hydrogen-bond acceptors (Lipinski definition) is 5. The number of nitrogens with zero attached hydrogens (tertiary/aromatic N) is 2. The summed E-state index contributed by atoms with van der Waals surface area (Å²) in [6.45, 7) is 4.93. The molecule has 0 radical (unpaired) electrons. The van der Waals surface area contributed by atoms with Gasteiger partial charge in [0, 0.05) is 18.0 Å². The lowest BCUT2D eigenvalue weighted by Crippen LogP contribution is -2.17. The highest BCUT2D eigenvalue weighted by atomic mass is 16.3. The summed E-state index contributed by atoms with van der Waals surface area (Å²) in [5.74, 6) is 3.08. The second-order valence-electron chi connectivity index (χ2n) is 5.66. The van der Waals surface area contributed by atoms with E-state index < -0.39 is 0 Å². The van der Waals surface area contributed by atoms with Crippen molar-refractivity contribution < 1.29 is 4.42 Å². The maximum Gasteiger partial charge on any atom is 0.225 e. The van der Waals surface area contributed by atoms with Crippen molar-refractivity contribution in [2.24, 2.45) is 0 Å². The molecule has 2 aromatic heterocycles. The standard InChI is InChI=1S/C16H22N4O/c1-3-11(2)18-16-19-14(12-6-7-12)9-15(20-16)17-10-13-5-4-8-21-13/h4-5,8-9,11-12H,3,6-7,10H2,1-2H3,(H2,17,18,19,20)/t11-/m1/s1. The summed E-state index contributed by atoms with van der Waals surface area (Å²) in [5, 5.41) is 6.68. The lowest BCUT2D eigenvalue weighted by Gasteiger charge is -2.14. The molecule has 0 aliphatic heterocycles. The van der Waals surface area contributed by atoms with Crippen molar-refractivity contribution in [3.05, 3.63) is 35.9 Å². The van der Waals surface area contributed by atoms with E-state index in [1.54, 1.807) is 6.26 Å². The fraction of sp³-hybridized carbons (Fsp3) is 0.500. The van der Waals surface area contributed by atoms with Crippen molar-refractivity contribution in [2.75, 3.05) is 10.6 Å². The van der Waals surface area contributed by atoms with E-state index in [4.69, 9.17) is 4.42 Å². The summed E-state index contributed by atoms with van der Waals surface area (Å²) < 4.78 is 5.34. The number of aromatic nitrogens is 2. The Bertz CT molecular complexity index is 578. The van der Waals surface area contributed by atoms with Crippen LogP contribution in [0.2, 0.25) is 0 Å². The normalized spacial score (nSPS) is 15.7. The predicted molar refractivity (Wildman–Crippen MR) is 83.4 cm³/mol. The predicted octanol–water partition coefficient (Wildman–Crippen LogP) is 3.77. The van der Waals surface area contributed by atoms with Crippen LogP contribution in [0, 0.1) is 0 Å². The quantitative estimate of drug-likeness (QED) is 0.811. The molecule has 2 aromatic rings. The Labute approximate surface area is 125 Å². The van der Waals surface area contributed by atoms with Gasteiger partial charge < -0.3 is 15.1 Å². The highest BCUT2D eigenvalue weighted by Crippen LogP contribution is 2.39. The average molecular weight is 286 g/mol. The molecule has 1 atom stereocenters. The fourth-order valence-electron chi connectivity index (χ4n) is 2.12. The van der Waals surface area contributed by atoms with E-state index in [1.165, 1.54) is 12.8 Å². The van der Waals surface area contributed by atoms with Crippen molar-refractivity contribution >= 4 is 11.8 Å². The molecule has 0 amide bonds. The number of rotatable bonds is 7. The second-order valence-corrected chi connectivity index (χ2v) is 5.66. The van der Waals surface area contributed by atoms with Gasteiger partial charge in [-0.15, -0.1) is 0 Å². The SMILES string of the molecule is CC[C@@H](C)Nc1nc(NCc2ccco2)cc(C2CC2)n1. The molecule has 2 heterocycles. The van der Waals surface area contributed by atoms with Crippen LogP contribution in [-0.4, -0.2) is 16.0 Å². The highest BCUT2D eigenvalue weighted by molar-refractivity contribution is 5.44. The van der Waals surface area contributed by atoms with Gasteiger partial charge in [0.05, 0.1) is 18.5 Å². The maximum atomic E-state index is 5.34. The Morgan fingerprint density at radius 2 is 2.24 bits per heavy atom. The summed E-state index contributed by atoms with van der Waals surface area (Å²) in [6.07, 6.45) is 5.20. The molecular weight excluding hydrogens is 264 g/mol. The van der Waals surface area contributed by atoms with E-state index in [9.17, 15) is 0 Å². The minimum atomic E-state index is 0.373. The van der Waals surface area contributed by atoms with Crippen molar-refractivity contribution in [1.82, 2.24) is 9.97 Å². The highest BCUT2D eigenvalue weighted by Gasteiger charge is 2.26. The molecule has 0 aromatic carbocycles. The van der Waals surface area contributed by atoms with E-state index in [0.717, 1.165) is 29.6 Å². The van der Waals surface area contributed by atoms with E-state index in [2.05, 4.69) is 40.5 Å². The lowest BCUT2D eigenvalue weighted by molar-refractivity contribution is 0.518. The summed E-state index contributed by atoms with van der Waals surface area (Å²) in [7, 11) is 0. The van der Waals surface area contributed by atoms with Gasteiger partial charge in [0.25, 0.3) is 0 Å². The van der Waals surface area contributed by atoms with Crippen molar-refractivity contribution in [2.45, 2.75) is 51.6 Å². The van der Waals surface area contributed by atoms with Gasteiger partial charge in [0.2, 0.25) is 5.95 Å². The molecule has 3 rings (SSSR count). The first kappa shape index (κ1) is 13.9. The third-order valence-electron chi connectivity index (χ3n) is 3.75. The van der Waals surface area contributed by atoms with Crippen molar-refractivity contribution in [1.29, 1.82) is 0 Å². The maximum absolute atomic E-state index is 5.34. The van der Waals surface area contributed by atoms with Crippen molar-refractivity contribution in [3.63, 3.8) is 0 Å². The number of anilines is 2. The van der Waals surface area contributed by atoms with Crippen LogP contribution in [-0.2, 0) is 6.54 Å². The smallest absolute Gasteiger partial charge is 0.225 e. The minimum Gasteiger partial charge on any atom is -0.467 e. The molecule has 1 aliphatic rings. The molecule has 0 unspecified atom stereocenters. The second kappa shape index (κ2) is 6.16. The molecule has 5 heteroatoms. The molecule has 5 nitrogen and oxygen atoms in total. The van der Waals surface area contributed by atoms with Crippen LogP contribution in [0.25, 0.3) is 0 Å². The molecular formula is C16H22N4O. The van der Waals surface area contributed by atoms with Crippen LogP contribution in [0.3, 0.4) is 0 Å². The zero-order valence-corrected chi connectivity index (χ0v) is 12.6. The molecule has 0 bridgehead atoms. The van der Waals surface area contributed by atoms with Gasteiger partial charge in [-0.1, -0.05) is 6.92 Å². The first-order chi connectivity index (χ1) is 10.2. The topological polar surface area (TPSA) is 63.0 Å². The molecule has 1 aliphatic carbocycles. The van der Waals surface area contributed by atoms with Gasteiger partial charge in [0.15, 0.2) is 0 Å². The zero-order valence-electron chi connectivity index (χ0n) is 12.6. The Balaban J connectivity index is 1.74. The minimum absolute atomic E-state index is 0.373. The zero-order chi connectivity index (χ0) is 14.7. The monoisotopic (exact) mass is 286 g/mol. The van der Waals surface area contributed by atoms with Crippen LogP contribution in [0.4, 0.5) is 11.8 Å². The summed E-state index contributed by atoms with van der Waals surface area (Å²) in [5.41, 5.74) is 1.14. The molecule has 0 spiro atoms. The molecule has 1 fully saturated rings.